The molecule has 8 nitrogen and oxygen atoms in total. The Labute approximate surface area is 315 Å². The van der Waals surface area contributed by atoms with Crippen molar-refractivity contribution in [1.82, 2.24) is 29.1 Å². The Hall–Kier alpha value is -5.96. The van der Waals surface area contributed by atoms with Gasteiger partial charge in [0, 0.05) is 34.9 Å². The molecule has 6 aromatic rings. The molecule has 0 spiro atoms. The summed E-state index contributed by atoms with van der Waals surface area (Å²) in [6, 6.07) is 17.9. The zero-order valence-electron chi connectivity index (χ0n) is 28.6. The molecule has 0 atom stereocenters. The predicted octanol–water partition coefficient (Wildman–Crippen LogP) is 9.67. The average molecular weight is 784 g/mol. The van der Waals surface area contributed by atoms with E-state index >= 15 is 0 Å². The Morgan fingerprint density at radius 3 is 1.20 bits per heavy atom. The molecular formula is C38H26Cl2F6N6O2. The molecule has 0 aliphatic carbocycles. The molecule has 0 aliphatic rings. The normalized spacial score (nSPS) is 11.0. The number of pyridine rings is 2. The Bertz CT molecular complexity index is 2230. The van der Waals surface area contributed by atoms with Crippen LogP contribution in [0.4, 0.5) is 26.3 Å². The molecule has 0 amide bonds. The van der Waals surface area contributed by atoms with Crippen LogP contribution in [0.25, 0.3) is 11.4 Å². The van der Waals surface area contributed by atoms with Crippen LogP contribution in [-0.2, 0) is 0 Å². The van der Waals surface area contributed by atoms with Crippen LogP contribution in [0, 0.1) is 51.4 Å². The summed E-state index contributed by atoms with van der Waals surface area (Å²) >= 11 is 11.7. The highest BCUT2D eigenvalue weighted by Crippen LogP contribution is 2.27. The van der Waals surface area contributed by atoms with Crippen LogP contribution >= 0.6 is 23.2 Å². The third-order valence-electron chi connectivity index (χ3n) is 7.31. The molecule has 0 fully saturated rings. The number of benzene rings is 2. The molecule has 0 saturated carbocycles. The van der Waals surface area contributed by atoms with Crippen molar-refractivity contribution in [1.29, 1.82) is 0 Å². The van der Waals surface area contributed by atoms with Gasteiger partial charge in [-0.2, -0.15) is 0 Å². The fourth-order valence-corrected chi connectivity index (χ4v) is 5.45. The van der Waals surface area contributed by atoms with Gasteiger partial charge in [-0.3, -0.25) is 9.13 Å². The minimum Gasteiger partial charge on any atom is -0.406 e. The number of hydrogen-bond acceptors (Lipinski definition) is 6. The molecule has 4 heterocycles. The van der Waals surface area contributed by atoms with Gasteiger partial charge in [0.2, 0.25) is 0 Å². The number of aryl methyl sites for hydroxylation is 2. The Morgan fingerprint density at radius 2 is 0.889 bits per heavy atom. The number of aromatic nitrogens is 6. The van der Waals surface area contributed by atoms with Gasteiger partial charge in [-0.15, -0.1) is 26.3 Å². The molecule has 16 heteroatoms. The van der Waals surface area contributed by atoms with Crippen molar-refractivity contribution in [3.05, 3.63) is 141 Å². The molecule has 0 N–H and O–H groups in total. The van der Waals surface area contributed by atoms with E-state index < -0.39 is 12.7 Å². The van der Waals surface area contributed by atoms with Gasteiger partial charge in [0.15, 0.2) is 0 Å². The van der Waals surface area contributed by atoms with Gasteiger partial charge in [0.25, 0.3) is 0 Å². The Kier molecular flexibility index (Phi) is 11.9. The van der Waals surface area contributed by atoms with Crippen LogP contribution in [0.15, 0.2) is 85.2 Å². The molecule has 6 rings (SSSR count). The summed E-state index contributed by atoms with van der Waals surface area (Å²) in [6.45, 7) is 7.26. The fraction of sp³-hybridized carbons (Fsp3) is 0.158. The molecule has 0 radical (unpaired) electrons. The number of alkyl halides is 6. The first-order chi connectivity index (χ1) is 25.5. The summed E-state index contributed by atoms with van der Waals surface area (Å²) in [4.78, 5) is 16.7. The number of halogens is 8. The second-order valence-corrected chi connectivity index (χ2v) is 11.9. The van der Waals surface area contributed by atoms with Gasteiger partial charge in [0.05, 0.1) is 11.4 Å². The molecule has 0 saturated heterocycles. The third kappa shape index (κ3) is 10.6. The fourth-order valence-electron chi connectivity index (χ4n) is 5.10. The zero-order valence-corrected chi connectivity index (χ0v) is 30.1. The largest absolute Gasteiger partial charge is 0.573 e. The van der Waals surface area contributed by atoms with Crippen LogP contribution in [0.1, 0.15) is 45.6 Å². The molecule has 276 valence electrons. The lowest BCUT2D eigenvalue weighted by molar-refractivity contribution is -0.275. The molecule has 2 aromatic carbocycles. The minimum atomic E-state index is -4.72. The highest BCUT2D eigenvalue weighted by atomic mass is 35.5. The molecule has 0 unspecified atom stereocenters. The predicted molar refractivity (Wildman–Crippen MR) is 190 cm³/mol. The lowest BCUT2D eigenvalue weighted by atomic mass is 10.2. The quantitative estimate of drug-likeness (QED) is 0.101. The lowest BCUT2D eigenvalue weighted by Gasteiger charge is -2.11. The van der Waals surface area contributed by atoms with Gasteiger partial charge < -0.3 is 9.47 Å². The van der Waals surface area contributed by atoms with Crippen molar-refractivity contribution in [2.24, 2.45) is 0 Å². The van der Waals surface area contributed by atoms with Crippen molar-refractivity contribution < 1.29 is 35.8 Å². The maximum atomic E-state index is 12.3. The van der Waals surface area contributed by atoms with E-state index in [0.717, 1.165) is 11.4 Å². The number of rotatable bonds is 4. The van der Waals surface area contributed by atoms with Crippen LogP contribution < -0.4 is 9.47 Å². The van der Waals surface area contributed by atoms with Crippen LogP contribution in [-0.4, -0.2) is 41.8 Å². The van der Waals surface area contributed by atoms with Gasteiger partial charge in [0.1, 0.15) is 44.8 Å². The van der Waals surface area contributed by atoms with E-state index in [2.05, 4.69) is 53.1 Å². The van der Waals surface area contributed by atoms with Crippen LogP contribution in [0.2, 0.25) is 10.3 Å². The number of ether oxygens (including phenoxy) is 2. The number of hydrogen-bond donors (Lipinski definition) is 0. The monoisotopic (exact) mass is 782 g/mol. The van der Waals surface area contributed by atoms with Crippen molar-refractivity contribution in [2.75, 3.05) is 0 Å². The molecular weight excluding hydrogens is 757 g/mol. The van der Waals surface area contributed by atoms with Gasteiger partial charge in [-0.05, 0) is 112 Å². The summed E-state index contributed by atoms with van der Waals surface area (Å²) in [5, 5.41) is 0.697. The summed E-state index contributed by atoms with van der Waals surface area (Å²) in [5.41, 5.74) is 5.39. The van der Waals surface area contributed by atoms with Crippen molar-refractivity contribution >= 4 is 23.2 Å². The molecule has 54 heavy (non-hydrogen) atoms. The first kappa shape index (κ1) is 39.3. The van der Waals surface area contributed by atoms with Gasteiger partial charge in [-0.25, -0.2) is 19.9 Å². The van der Waals surface area contributed by atoms with Crippen LogP contribution in [0.5, 0.6) is 11.5 Å². The zero-order chi connectivity index (χ0) is 39.2. The van der Waals surface area contributed by atoms with E-state index in [4.69, 9.17) is 23.2 Å². The molecule has 4 aromatic heterocycles. The highest BCUT2D eigenvalue weighted by molar-refractivity contribution is 6.29. The Morgan fingerprint density at radius 1 is 0.537 bits per heavy atom. The topological polar surface area (TPSA) is 79.9 Å². The van der Waals surface area contributed by atoms with E-state index in [0.29, 0.717) is 55.8 Å². The third-order valence-corrected chi connectivity index (χ3v) is 7.72. The molecule has 0 bridgehead atoms. The average Bonchev–Trinajstić information content (AvgIpc) is 3.54. The maximum Gasteiger partial charge on any atom is 0.573 e. The summed E-state index contributed by atoms with van der Waals surface area (Å²) in [6.07, 6.45) is -6.32. The SMILES string of the molecule is Cc1nc(C#Cc2ccnc(Cl)c2)c(C)n1-c1ccc(OC(F)(F)F)cc1.Cc1nc(C#Cc2ccnc(Cl)c2)c(C)n1-c1ccc(OC(F)(F)F)cc1. The highest BCUT2D eigenvalue weighted by Gasteiger charge is 2.31. The van der Waals surface area contributed by atoms with E-state index in [-0.39, 0.29) is 11.5 Å². The maximum absolute atomic E-state index is 12.3. The number of nitrogens with zero attached hydrogens (tertiary/aromatic N) is 6. The van der Waals surface area contributed by atoms with Gasteiger partial charge >= 0.3 is 12.7 Å². The lowest BCUT2D eigenvalue weighted by Crippen LogP contribution is -2.17. The van der Waals surface area contributed by atoms with E-state index in [1.165, 1.54) is 48.5 Å². The van der Waals surface area contributed by atoms with E-state index in [1.807, 2.05) is 13.8 Å². The van der Waals surface area contributed by atoms with Gasteiger partial charge in [-0.1, -0.05) is 35.0 Å². The van der Waals surface area contributed by atoms with E-state index in [9.17, 15) is 26.3 Å². The number of imidazole rings is 2. The second kappa shape index (κ2) is 16.4. The van der Waals surface area contributed by atoms with E-state index in [1.54, 1.807) is 59.6 Å². The first-order valence-corrected chi connectivity index (χ1v) is 16.3. The minimum absolute atomic E-state index is 0.281. The Balaban J connectivity index is 0.000000208. The second-order valence-electron chi connectivity index (χ2n) is 11.2. The van der Waals surface area contributed by atoms with Crippen molar-refractivity contribution in [3.8, 4) is 46.6 Å². The smallest absolute Gasteiger partial charge is 0.406 e. The first-order valence-electron chi connectivity index (χ1n) is 15.6. The summed E-state index contributed by atoms with van der Waals surface area (Å²) in [5.74, 6) is 12.7. The standard InChI is InChI=1S/2C19H13ClF3N3O/c2*1-12-17(8-3-14-9-10-24-18(20)11-14)25-13(2)26(12)15-4-6-16(7-5-15)27-19(21,22)23/h2*4-7,9-11H,1-2H3. The molecule has 0 aliphatic heterocycles. The summed E-state index contributed by atoms with van der Waals surface area (Å²) in [7, 11) is 0. The summed E-state index contributed by atoms with van der Waals surface area (Å²) < 4.78 is 85.1. The van der Waals surface area contributed by atoms with Crippen molar-refractivity contribution in [2.45, 2.75) is 40.4 Å². The van der Waals surface area contributed by atoms with Crippen molar-refractivity contribution in [3.63, 3.8) is 0 Å². The van der Waals surface area contributed by atoms with Crippen LogP contribution in [0.3, 0.4) is 0 Å².